The topological polar surface area (TPSA) is 46.0 Å². The molecule has 1 atom stereocenters. The van der Waals surface area contributed by atoms with Crippen molar-refractivity contribution in [2.75, 3.05) is 24.3 Å². The molecular formula is C20H20ClN5. The van der Waals surface area contributed by atoms with Gasteiger partial charge in [-0.1, -0.05) is 35.9 Å². The minimum atomic E-state index is -0.0340. The van der Waals surface area contributed by atoms with Crippen LogP contribution in [0.2, 0.25) is 5.02 Å². The van der Waals surface area contributed by atoms with E-state index < -0.39 is 0 Å². The highest BCUT2D eigenvalue weighted by atomic mass is 35.5. The molecular weight excluding hydrogens is 346 g/mol. The number of aromatic nitrogens is 3. The normalized spacial score (nSPS) is 15.8. The average Bonchev–Trinajstić information content (AvgIpc) is 3.02. The molecule has 5 nitrogen and oxygen atoms in total. The van der Waals surface area contributed by atoms with Gasteiger partial charge in [-0.05, 0) is 48.4 Å². The van der Waals surface area contributed by atoms with Crippen LogP contribution in [0, 0.1) is 6.92 Å². The second-order valence-electron chi connectivity index (χ2n) is 6.57. The molecule has 1 unspecified atom stereocenters. The smallest absolute Gasteiger partial charge is 0.226 e. The van der Waals surface area contributed by atoms with Gasteiger partial charge in [0, 0.05) is 30.5 Å². The van der Waals surface area contributed by atoms with E-state index in [-0.39, 0.29) is 6.04 Å². The molecule has 1 aliphatic rings. The molecule has 2 aromatic carbocycles. The lowest BCUT2D eigenvalue weighted by Crippen LogP contribution is -2.20. The Balaban J connectivity index is 1.76. The molecule has 0 saturated carbocycles. The van der Waals surface area contributed by atoms with Gasteiger partial charge in [-0.3, -0.25) is 0 Å². The van der Waals surface area contributed by atoms with Crippen LogP contribution in [0.4, 0.5) is 11.6 Å². The van der Waals surface area contributed by atoms with Crippen LogP contribution < -0.4 is 10.2 Å². The number of nitrogens with zero attached hydrogens (tertiary/aromatic N) is 4. The number of rotatable bonds is 3. The van der Waals surface area contributed by atoms with Crippen LogP contribution in [0.15, 0.2) is 54.6 Å². The number of halogens is 1. The number of allylic oxidation sites excluding steroid dienone is 1. The van der Waals surface area contributed by atoms with E-state index in [4.69, 9.17) is 11.6 Å². The first-order chi connectivity index (χ1) is 12.5. The third kappa shape index (κ3) is 3.06. The van der Waals surface area contributed by atoms with Crippen LogP contribution in [-0.2, 0) is 0 Å². The Hall–Kier alpha value is -2.79. The summed E-state index contributed by atoms with van der Waals surface area (Å²) >= 11 is 6.05. The molecule has 1 N–H and O–H groups in total. The summed E-state index contributed by atoms with van der Waals surface area (Å²) < 4.78 is 1.91. The maximum Gasteiger partial charge on any atom is 0.226 e. The van der Waals surface area contributed by atoms with Crippen LogP contribution in [0.25, 0.3) is 5.70 Å². The van der Waals surface area contributed by atoms with Gasteiger partial charge in [0.15, 0.2) is 0 Å². The van der Waals surface area contributed by atoms with Gasteiger partial charge in [-0.25, -0.2) is 4.68 Å². The molecule has 1 aromatic heterocycles. The highest BCUT2D eigenvalue weighted by Crippen LogP contribution is 2.33. The van der Waals surface area contributed by atoms with E-state index in [1.807, 2.05) is 50.0 Å². The second kappa shape index (κ2) is 6.50. The van der Waals surface area contributed by atoms with Gasteiger partial charge < -0.3 is 10.2 Å². The fraction of sp³-hybridized carbons (Fsp3) is 0.200. The Morgan fingerprint density at radius 1 is 1.04 bits per heavy atom. The number of anilines is 2. The van der Waals surface area contributed by atoms with Crippen LogP contribution in [-0.4, -0.2) is 28.9 Å². The molecule has 0 aliphatic carbocycles. The fourth-order valence-corrected chi connectivity index (χ4v) is 3.23. The molecule has 26 heavy (non-hydrogen) atoms. The summed E-state index contributed by atoms with van der Waals surface area (Å²) in [7, 11) is 4.07. The number of fused-ring (bicyclic) bond motifs is 1. The van der Waals surface area contributed by atoms with Gasteiger partial charge in [-0.15, -0.1) is 0 Å². The van der Waals surface area contributed by atoms with Crippen LogP contribution in [0.5, 0.6) is 0 Å². The van der Waals surface area contributed by atoms with E-state index in [0.717, 1.165) is 33.6 Å². The number of benzene rings is 2. The van der Waals surface area contributed by atoms with Gasteiger partial charge in [0.25, 0.3) is 0 Å². The summed E-state index contributed by atoms with van der Waals surface area (Å²) in [5.74, 6) is 1.49. The van der Waals surface area contributed by atoms with E-state index in [2.05, 4.69) is 50.6 Å². The second-order valence-corrected chi connectivity index (χ2v) is 7.01. The van der Waals surface area contributed by atoms with Gasteiger partial charge in [0.1, 0.15) is 11.9 Å². The van der Waals surface area contributed by atoms with Crippen molar-refractivity contribution >= 4 is 28.9 Å². The molecule has 2 heterocycles. The Bertz CT molecular complexity index is 955. The van der Waals surface area contributed by atoms with Crippen molar-refractivity contribution in [3.63, 3.8) is 0 Å². The molecule has 132 valence electrons. The number of nitrogens with one attached hydrogen (secondary N) is 1. The number of aryl methyl sites for hydroxylation is 1. The molecule has 0 saturated heterocycles. The Morgan fingerprint density at radius 3 is 2.38 bits per heavy atom. The average molecular weight is 366 g/mol. The highest BCUT2D eigenvalue weighted by Gasteiger charge is 2.24. The van der Waals surface area contributed by atoms with E-state index in [9.17, 15) is 0 Å². The van der Waals surface area contributed by atoms with E-state index in [1.165, 1.54) is 5.69 Å². The van der Waals surface area contributed by atoms with E-state index in [1.54, 1.807) is 0 Å². The lowest BCUT2D eigenvalue weighted by Gasteiger charge is -2.24. The predicted molar refractivity (Wildman–Crippen MR) is 107 cm³/mol. The van der Waals surface area contributed by atoms with Crippen molar-refractivity contribution in [2.45, 2.75) is 13.0 Å². The van der Waals surface area contributed by atoms with Crippen molar-refractivity contribution in [1.82, 2.24) is 14.8 Å². The molecule has 0 spiro atoms. The summed E-state index contributed by atoms with van der Waals surface area (Å²) in [4.78, 5) is 6.62. The minimum Gasteiger partial charge on any atom is -0.378 e. The molecule has 1 aliphatic heterocycles. The molecule has 3 aromatic rings. The standard InChI is InChI=1S/C20H20ClN5/c1-13-22-20-23-18(14-6-10-17(11-7-14)25(2)3)12-19(26(20)24-13)15-4-8-16(21)9-5-15/h4-12,19H,1-3H3,(H,22,23,24). The SMILES string of the molecule is Cc1nc2n(n1)C(c1ccc(Cl)cc1)C=C(c1ccc(N(C)C)cc1)N2. The van der Waals surface area contributed by atoms with Crippen LogP contribution >= 0.6 is 11.6 Å². The van der Waals surface area contributed by atoms with Gasteiger partial charge in [-0.2, -0.15) is 10.1 Å². The first-order valence-electron chi connectivity index (χ1n) is 8.46. The fourth-order valence-electron chi connectivity index (χ4n) is 3.10. The van der Waals surface area contributed by atoms with Crippen molar-refractivity contribution in [3.8, 4) is 0 Å². The monoisotopic (exact) mass is 365 g/mol. The predicted octanol–water partition coefficient (Wildman–Crippen LogP) is 4.36. The number of hydrogen-bond acceptors (Lipinski definition) is 4. The van der Waals surface area contributed by atoms with Crippen LogP contribution in [0.3, 0.4) is 0 Å². The highest BCUT2D eigenvalue weighted by molar-refractivity contribution is 6.30. The van der Waals surface area contributed by atoms with Crippen molar-refractivity contribution in [3.05, 3.63) is 76.6 Å². The summed E-state index contributed by atoms with van der Waals surface area (Å²) in [6.45, 7) is 1.90. The third-order valence-corrected chi connectivity index (χ3v) is 4.73. The summed E-state index contributed by atoms with van der Waals surface area (Å²) in [5, 5.41) is 8.68. The van der Waals surface area contributed by atoms with E-state index in [0.29, 0.717) is 0 Å². The summed E-state index contributed by atoms with van der Waals surface area (Å²) in [5.41, 5.74) is 4.42. The Labute approximate surface area is 157 Å². The zero-order valence-corrected chi connectivity index (χ0v) is 15.7. The maximum atomic E-state index is 6.05. The zero-order valence-electron chi connectivity index (χ0n) is 14.9. The molecule has 0 radical (unpaired) electrons. The quantitative estimate of drug-likeness (QED) is 0.749. The minimum absolute atomic E-state index is 0.0340. The lowest BCUT2D eigenvalue weighted by molar-refractivity contribution is 0.607. The third-order valence-electron chi connectivity index (χ3n) is 4.48. The van der Waals surface area contributed by atoms with Gasteiger partial charge >= 0.3 is 0 Å². The summed E-state index contributed by atoms with van der Waals surface area (Å²) in [6, 6.07) is 16.3. The first kappa shape index (κ1) is 16.7. The zero-order chi connectivity index (χ0) is 18.3. The summed E-state index contributed by atoms with van der Waals surface area (Å²) in [6.07, 6.45) is 2.18. The largest absolute Gasteiger partial charge is 0.378 e. The van der Waals surface area contributed by atoms with Crippen LogP contribution in [0.1, 0.15) is 23.0 Å². The van der Waals surface area contributed by atoms with Crippen molar-refractivity contribution in [1.29, 1.82) is 0 Å². The molecule has 4 rings (SSSR count). The number of hydrogen-bond donors (Lipinski definition) is 1. The van der Waals surface area contributed by atoms with Gasteiger partial charge in [0.05, 0.1) is 0 Å². The van der Waals surface area contributed by atoms with E-state index >= 15 is 0 Å². The first-order valence-corrected chi connectivity index (χ1v) is 8.84. The Morgan fingerprint density at radius 2 is 1.73 bits per heavy atom. The molecule has 0 bridgehead atoms. The molecule has 0 fully saturated rings. The lowest BCUT2D eigenvalue weighted by atomic mass is 10.0. The maximum absolute atomic E-state index is 6.05. The molecule has 0 amide bonds. The van der Waals surface area contributed by atoms with Gasteiger partial charge in [0.2, 0.25) is 5.95 Å². The Kier molecular flexibility index (Phi) is 4.17. The van der Waals surface area contributed by atoms with Crippen molar-refractivity contribution in [2.24, 2.45) is 0 Å². The molecule has 6 heteroatoms. The van der Waals surface area contributed by atoms with Crippen molar-refractivity contribution < 1.29 is 0 Å².